The summed E-state index contributed by atoms with van der Waals surface area (Å²) in [5, 5.41) is 8.53. The highest BCUT2D eigenvalue weighted by Crippen LogP contribution is 2.34. The van der Waals surface area contributed by atoms with E-state index in [2.05, 4.69) is 19.9 Å². The van der Waals surface area contributed by atoms with E-state index in [0.29, 0.717) is 5.56 Å². The van der Waals surface area contributed by atoms with E-state index in [1.807, 2.05) is 63.7 Å². The summed E-state index contributed by atoms with van der Waals surface area (Å²) in [7, 11) is 0. The minimum atomic E-state index is -4.45. The fourth-order valence-corrected chi connectivity index (χ4v) is 6.12. The van der Waals surface area contributed by atoms with Crippen molar-refractivity contribution in [3.05, 3.63) is 162 Å². The largest absolute Gasteiger partial charge is 0.479 e. The van der Waals surface area contributed by atoms with Gasteiger partial charge in [-0.15, -0.1) is 0 Å². The van der Waals surface area contributed by atoms with Crippen molar-refractivity contribution in [2.24, 2.45) is 0 Å². The van der Waals surface area contributed by atoms with Crippen molar-refractivity contribution in [2.45, 2.75) is 32.6 Å². The maximum Gasteiger partial charge on any atom is 0.416 e. The SMILES string of the molecule is Cc1ccc(CC(=O)COc2ccc(-c3cnc4ccccn34)cn2)cc1C(F)(F)F.Cc1ccc(N)cc1C(F)(F)F.O=C(O)COc1ccc(-c2cnc3ccccn23)cn1. The number of rotatable bonds is 10. The highest BCUT2D eigenvalue weighted by atomic mass is 19.4. The molecule has 0 saturated heterocycles. The monoisotopic (exact) mass is 869 g/mol. The molecule has 0 spiro atoms. The molecule has 63 heavy (non-hydrogen) atoms. The van der Waals surface area contributed by atoms with Crippen LogP contribution in [-0.4, -0.2) is 58.8 Å². The third kappa shape index (κ3) is 11.7. The molecular weight excluding hydrogens is 833 g/mol. The second kappa shape index (κ2) is 19.3. The first kappa shape index (κ1) is 44.8. The number of nitrogens with zero attached hydrogens (tertiary/aromatic N) is 6. The van der Waals surface area contributed by atoms with Crippen molar-refractivity contribution in [2.75, 3.05) is 18.9 Å². The molecule has 0 aliphatic carbocycles. The lowest BCUT2D eigenvalue weighted by atomic mass is 10.0. The van der Waals surface area contributed by atoms with Crippen molar-refractivity contribution >= 4 is 28.7 Å². The highest BCUT2D eigenvalue weighted by molar-refractivity contribution is 5.82. The minimum absolute atomic E-state index is 0.121. The fourth-order valence-electron chi connectivity index (χ4n) is 6.12. The number of aromatic nitrogens is 6. The molecule has 0 fully saturated rings. The number of carboxylic acids is 1. The van der Waals surface area contributed by atoms with E-state index in [4.69, 9.17) is 20.3 Å². The molecule has 3 N–H and O–H groups in total. The van der Waals surface area contributed by atoms with E-state index >= 15 is 0 Å². The Morgan fingerprint density at radius 2 is 1.11 bits per heavy atom. The zero-order valence-corrected chi connectivity index (χ0v) is 33.4. The van der Waals surface area contributed by atoms with Gasteiger partial charge in [0.05, 0.1) is 34.9 Å². The molecule has 6 heterocycles. The molecule has 8 rings (SSSR count). The minimum Gasteiger partial charge on any atom is -0.479 e. The van der Waals surface area contributed by atoms with Gasteiger partial charge in [0, 0.05) is 60.2 Å². The second-order valence-corrected chi connectivity index (χ2v) is 13.8. The first-order valence-corrected chi connectivity index (χ1v) is 18.8. The molecule has 0 radical (unpaired) electrons. The van der Waals surface area contributed by atoms with Gasteiger partial charge in [-0.25, -0.2) is 24.7 Å². The van der Waals surface area contributed by atoms with Gasteiger partial charge in [0.2, 0.25) is 11.8 Å². The first-order valence-electron chi connectivity index (χ1n) is 18.8. The molecule has 324 valence electrons. The molecule has 0 unspecified atom stereocenters. The number of hydrogen-bond donors (Lipinski definition) is 2. The Bertz CT molecular complexity index is 2840. The Labute approximate surface area is 355 Å². The Morgan fingerprint density at radius 1 is 0.619 bits per heavy atom. The number of halogens is 6. The topological polar surface area (TPSA) is 159 Å². The summed E-state index contributed by atoms with van der Waals surface area (Å²) in [4.78, 5) is 39.5. The number of ether oxygens (including phenoxy) is 2. The average Bonchev–Trinajstić information content (AvgIpc) is 3.89. The number of ketones is 1. The smallest absolute Gasteiger partial charge is 0.416 e. The van der Waals surface area contributed by atoms with Crippen LogP contribution in [0.1, 0.15) is 27.8 Å². The van der Waals surface area contributed by atoms with Crippen molar-refractivity contribution in [3.63, 3.8) is 0 Å². The Morgan fingerprint density at radius 3 is 1.57 bits per heavy atom. The number of carboxylic acid groups (broad SMARTS) is 1. The zero-order valence-electron chi connectivity index (χ0n) is 33.4. The van der Waals surface area contributed by atoms with Crippen molar-refractivity contribution in [1.29, 1.82) is 0 Å². The number of benzene rings is 2. The van der Waals surface area contributed by atoms with Gasteiger partial charge in [-0.1, -0.05) is 30.3 Å². The molecule has 0 amide bonds. The fraction of sp³-hybridized carbons (Fsp3) is 0.156. The van der Waals surface area contributed by atoms with Crippen LogP contribution in [0.15, 0.2) is 134 Å². The maximum atomic E-state index is 13.0. The van der Waals surface area contributed by atoms with Gasteiger partial charge in [-0.2, -0.15) is 26.3 Å². The molecule has 12 nitrogen and oxygen atoms in total. The van der Waals surface area contributed by atoms with Crippen LogP contribution in [0, 0.1) is 13.8 Å². The number of nitrogen functional groups attached to an aromatic ring is 1. The van der Waals surface area contributed by atoms with Crippen LogP contribution in [0.3, 0.4) is 0 Å². The van der Waals surface area contributed by atoms with Gasteiger partial charge in [0.15, 0.2) is 12.4 Å². The van der Waals surface area contributed by atoms with Gasteiger partial charge in [0.25, 0.3) is 0 Å². The van der Waals surface area contributed by atoms with Crippen molar-refractivity contribution < 1.29 is 50.5 Å². The predicted molar refractivity (Wildman–Crippen MR) is 221 cm³/mol. The number of anilines is 1. The number of carbonyl (C=O) groups is 2. The van der Waals surface area contributed by atoms with E-state index in [1.165, 1.54) is 38.1 Å². The number of aliphatic carboxylic acids is 1. The Hall–Kier alpha value is -7.76. The third-order valence-electron chi connectivity index (χ3n) is 9.20. The molecule has 0 atom stereocenters. The number of fused-ring (bicyclic) bond motifs is 2. The van der Waals surface area contributed by atoms with E-state index in [-0.39, 0.29) is 47.4 Å². The number of pyridine rings is 4. The van der Waals surface area contributed by atoms with Crippen LogP contribution in [-0.2, 0) is 28.4 Å². The third-order valence-corrected chi connectivity index (χ3v) is 9.20. The summed E-state index contributed by atoms with van der Waals surface area (Å²) in [6.07, 6.45) is 1.67. The van der Waals surface area contributed by atoms with E-state index < -0.39 is 36.1 Å². The molecule has 6 aromatic heterocycles. The van der Waals surface area contributed by atoms with Crippen molar-refractivity contribution in [3.8, 4) is 34.3 Å². The van der Waals surface area contributed by atoms with Crippen LogP contribution in [0.5, 0.6) is 11.8 Å². The number of Topliss-reactive ketones (excluding diaryl/α,β-unsaturated/α-hetero) is 1. The lowest BCUT2D eigenvalue weighted by Gasteiger charge is -2.12. The number of imidazole rings is 2. The van der Waals surface area contributed by atoms with E-state index in [1.54, 1.807) is 43.0 Å². The molecule has 8 aromatic rings. The summed E-state index contributed by atoms with van der Waals surface area (Å²) in [6.45, 7) is 2.11. The molecule has 0 aliphatic heterocycles. The molecule has 0 bridgehead atoms. The normalized spacial score (nSPS) is 11.3. The van der Waals surface area contributed by atoms with Gasteiger partial charge < -0.3 is 20.3 Å². The highest BCUT2D eigenvalue weighted by Gasteiger charge is 2.33. The number of aryl methyl sites for hydroxylation is 2. The summed E-state index contributed by atoms with van der Waals surface area (Å²) in [5.74, 6) is -0.835. The van der Waals surface area contributed by atoms with E-state index in [9.17, 15) is 35.9 Å². The number of nitrogens with two attached hydrogens (primary N) is 1. The molecule has 0 aliphatic rings. The molecule has 18 heteroatoms. The molecular formula is C45H37F6N7O5. The van der Waals surface area contributed by atoms with Gasteiger partial charge in [-0.05, 0) is 85.1 Å². The van der Waals surface area contributed by atoms with Gasteiger partial charge in [-0.3, -0.25) is 13.6 Å². The predicted octanol–water partition coefficient (Wildman–Crippen LogP) is 9.37. The van der Waals surface area contributed by atoms with Gasteiger partial charge >= 0.3 is 18.3 Å². The summed E-state index contributed by atoms with van der Waals surface area (Å²) in [6, 6.07) is 26.0. The molecule has 0 saturated carbocycles. The summed E-state index contributed by atoms with van der Waals surface area (Å²) in [5.41, 5.74) is 9.73. The van der Waals surface area contributed by atoms with Crippen LogP contribution in [0.25, 0.3) is 33.8 Å². The molecule has 2 aromatic carbocycles. The number of hydrogen-bond acceptors (Lipinski definition) is 9. The summed E-state index contributed by atoms with van der Waals surface area (Å²) < 4.78 is 89.9. The first-order chi connectivity index (χ1) is 30.0. The average molecular weight is 870 g/mol. The van der Waals surface area contributed by atoms with Crippen LogP contribution < -0.4 is 15.2 Å². The van der Waals surface area contributed by atoms with Gasteiger partial charge in [0.1, 0.15) is 17.9 Å². The van der Waals surface area contributed by atoms with Crippen molar-refractivity contribution in [1.82, 2.24) is 28.7 Å². The quantitative estimate of drug-likeness (QED) is 0.100. The zero-order chi connectivity index (χ0) is 45.3. The number of carbonyl (C=O) groups excluding carboxylic acids is 1. The van der Waals surface area contributed by atoms with Crippen LogP contribution in [0.2, 0.25) is 0 Å². The lowest BCUT2D eigenvalue weighted by Crippen LogP contribution is -2.15. The van der Waals surface area contributed by atoms with Crippen LogP contribution in [0.4, 0.5) is 32.0 Å². The van der Waals surface area contributed by atoms with Crippen LogP contribution >= 0.6 is 0 Å². The maximum absolute atomic E-state index is 13.0. The standard InChI is InChI=1S/C23H18F3N3O2.C14H11N3O3.C8H8F3N/c1-15-5-6-16(11-19(15)23(24,25)26)10-18(30)14-31-22-8-7-17(12-28-22)20-13-27-21-4-2-3-9-29(20)21;18-14(19)9-20-13-5-4-10(7-16-13)11-8-15-12-3-1-2-6-17(11)12;1-5-2-3-6(12)4-7(5)8(9,10)11/h2-9,11-13H,10,14H2,1H3;1-8H,9H2,(H,18,19);2-4H,12H2,1H3. The summed E-state index contributed by atoms with van der Waals surface area (Å²) >= 11 is 0. The Kier molecular flexibility index (Phi) is 13.7. The number of alkyl halides is 6. The lowest BCUT2D eigenvalue weighted by molar-refractivity contribution is -0.139. The second-order valence-electron chi connectivity index (χ2n) is 13.8. The van der Waals surface area contributed by atoms with E-state index in [0.717, 1.165) is 45.9 Å². The Balaban J connectivity index is 0.000000176.